The van der Waals surface area contributed by atoms with Gasteiger partial charge in [0, 0.05) is 62.4 Å². The van der Waals surface area contributed by atoms with E-state index in [-0.39, 0.29) is 38.9 Å². The molecule has 89 heavy (non-hydrogen) atoms. The van der Waals surface area contributed by atoms with E-state index in [1.807, 2.05) is 144 Å². The van der Waals surface area contributed by atoms with Gasteiger partial charge in [0.15, 0.2) is 58.2 Å². The van der Waals surface area contributed by atoms with Crippen molar-refractivity contribution < 1.29 is 66.4 Å². The molecular weight excluding hydrogens is 1600 g/mol. The maximum atomic E-state index is 14.3. The molecule has 1 aliphatic rings. The molecule has 24 heteroatoms. The number of hydrogen-bond acceptors (Lipinski definition) is 2. The van der Waals surface area contributed by atoms with E-state index in [4.69, 9.17) is 9.31 Å². The van der Waals surface area contributed by atoms with Crippen molar-refractivity contribution in [3.05, 3.63) is 225 Å². The molecule has 1 fully saturated rings. The predicted octanol–water partition coefficient (Wildman–Crippen LogP) is 19.9. The molecule has 0 radical (unpaired) electrons. The molecule has 0 aliphatic carbocycles. The molecule has 1 heterocycles. The van der Waals surface area contributed by atoms with Crippen LogP contribution in [0.4, 0.5) is 57.1 Å². The summed E-state index contributed by atoms with van der Waals surface area (Å²) < 4.78 is 189. The first-order valence-corrected chi connectivity index (χ1v) is 45.3. The van der Waals surface area contributed by atoms with Crippen molar-refractivity contribution in [1.82, 2.24) is 0 Å². The Kier molecular flexibility index (Phi) is 28.6. The van der Waals surface area contributed by atoms with Gasteiger partial charge >= 0.3 is 7.12 Å². The van der Waals surface area contributed by atoms with Gasteiger partial charge in [-0.25, -0.2) is 57.1 Å². The standard InChI is InChI=1S/C15H14BrF3Si.C15H14F3ISi.C14H21BF2O2Si.C9H12F2Si.C6H3BrFI.C6H4F2/c1-20(2,3)13-7-6-11(14(18)15(13)19)10-5-4-9(16)8-12(10)17;1-20(2,3)13-7-6-11(14(17)15(13)18)10-5-4-9(19)8-12(10)16;1-14(2)8-18-15(19-9-14)10-6-7-11(20(3,4)5)13(17)12(10)16;1-12(2,3)8-6-4-5-7(10)9(8)11;7-4-1-2-6(9)5(8)3-4;7-5-3-1-2-4-6(5)8/h2*4-8H,1-3H3;6-7H,8-9H2,1-5H3;4-6H,1-3H3;1-3H;1-4H. The second-order valence-electron chi connectivity index (χ2n) is 25.3. The Bertz CT molecular complexity index is 3600. The van der Waals surface area contributed by atoms with Crippen molar-refractivity contribution >= 4 is 143 Å². The Hall–Kier alpha value is -3.88. The Morgan fingerprint density at radius 2 is 0.719 bits per heavy atom. The second-order valence-corrected chi connectivity index (χ2v) is 49.7. The maximum Gasteiger partial charge on any atom is 0.497 e. The number of benzene rings is 8. The second kappa shape index (κ2) is 32.8. The summed E-state index contributed by atoms with van der Waals surface area (Å²) in [5.74, 6) is -9.56. The van der Waals surface area contributed by atoms with E-state index in [0.29, 0.717) is 45.6 Å². The molecule has 8 aromatic carbocycles. The zero-order valence-corrected chi connectivity index (χ0v) is 62.9. The van der Waals surface area contributed by atoms with Crippen molar-refractivity contribution in [3.63, 3.8) is 0 Å². The molecule has 0 bridgehead atoms. The summed E-state index contributed by atoms with van der Waals surface area (Å²) in [7, 11) is -8.38. The highest BCUT2D eigenvalue weighted by Gasteiger charge is 2.37. The largest absolute Gasteiger partial charge is 0.497 e. The fraction of sp³-hybridized carbons (Fsp3) is 0.262. The van der Waals surface area contributed by atoms with Gasteiger partial charge in [0.25, 0.3) is 0 Å². The van der Waals surface area contributed by atoms with Crippen LogP contribution in [0.25, 0.3) is 22.3 Å². The summed E-state index contributed by atoms with van der Waals surface area (Å²) in [6, 6.07) is 32.5. The van der Waals surface area contributed by atoms with Crippen LogP contribution in [0.15, 0.2) is 142 Å². The van der Waals surface area contributed by atoms with Gasteiger partial charge in [-0.1, -0.05) is 197 Å². The minimum atomic E-state index is -1.97. The van der Waals surface area contributed by atoms with Crippen molar-refractivity contribution in [1.29, 1.82) is 0 Å². The third-order valence-corrected chi connectivity index (χ3v) is 23.7. The van der Waals surface area contributed by atoms with E-state index in [0.717, 1.165) is 22.7 Å². The summed E-state index contributed by atoms with van der Waals surface area (Å²) in [5, 5.41) is 1.89. The highest BCUT2D eigenvalue weighted by molar-refractivity contribution is 14.1. The van der Waals surface area contributed by atoms with Crippen LogP contribution in [0, 0.1) is 88.2 Å². The average molecular weight is 1670 g/mol. The first kappa shape index (κ1) is 77.6. The van der Waals surface area contributed by atoms with Gasteiger partial charge in [0.1, 0.15) is 17.5 Å². The van der Waals surface area contributed by atoms with Crippen molar-refractivity contribution in [2.45, 2.75) is 92.4 Å². The van der Waals surface area contributed by atoms with Crippen LogP contribution in [0.3, 0.4) is 0 Å². The fourth-order valence-electron chi connectivity index (χ4n) is 8.28. The van der Waals surface area contributed by atoms with Crippen molar-refractivity contribution in [3.8, 4) is 22.3 Å². The number of halogens is 17. The monoisotopic (exact) mass is 1660 g/mol. The Labute approximate surface area is 562 Å². The SMILES string of the molecule is CC1(C)COB(c2ccc([Si](C)(C)C)c(F)c2F)OC1.C[Si](C)(C)c1ccc(-c2ccc(Br)cc2F)c(F)c1F.C[Si](C)(C)c1ccc(-c2ccc(I)cc2F)c(F)c1F.C[Si](C)(C)c1cccc(F)c1F.Fc1cc(Br)ccc1I.Fc1ccccc1F. The Balaban J connectivity index is 0.000000236. The van der Waals surface area contributed by atoms with Gasteiger partial charge in [-0.05, 0) is 127 Å². The van der Waals surface area contributed by atoms with Crippen molar-refractivity contribution in [2.24, 2.45) is 5.41 Å². The van der Waals surface area contributed by atoms with Crippen LogP contribution in [-0.4, -0.2) is 52.6 Å². The van der Waals surface area contributed by atoms with Crippen LogP contribution in [0.2, 0.25) is 78.6 Å². The number of rotatable bonds is 7. The minimum absolute atomic E-state index is 0.0293. The van der Waals surface area contributed by atoms with Gasteiger partial charge in [-0.3, -0.25) is 0 Å². The van der Waals surface area contributed by atoms with E-state index in [9.17, 15) is 57.1 Å². The molecule has 0 N–H and O–H groups in total. The zero-order valence-electron chi connectivity index (χ0n) is 51.4. The van der Waals surface area contributed by atoms with Crippen LogP contribution in [0.1, 0.15) is 13.8 Å². The third-order valence-electron chi connectivity index (χ3n) is 13.1. The lowest BCUT2D eigenvalue weighted by Crippen LogP contribution is -2.50. The summed E-state index contributed by atoms with van der Waals surface area (Å²) in [5.41, 5.74) is 0.132. The normalized spacial score (nSPS) is 13.0. The van der Waals surface area contributed by atoms with Gasteiger partial charge in [0.05, 0.1) is 32.3 Å². The first-order valence-electron chi connectivity index (χ1n) is 27.5. The highest BCUT2D eigenvalue weighted by atomic mass is 127. The molecule has 1 saturated heterocycles. The van der Waals surface area contributed by atoms with E-state index < -0.39 is 109 Å². The maximum absolute atomic E-state index is 14.3. The van der Waals surface area contributed by atoms with Crippen LogP contribution in [0.5, 0.6) is 0 Å². The predicted molar refractivity (Wildman–Crippen MR) is 373 cm³/mol. The van der Waals surface area contributed by atoms with E-state index in [1.165, 1.54) is 54.6 Å². The highest BCUT2D eigenvalue weighted by Crippen LogP contribution is 2.31. The number of hydrogen-bond donors (Lipinski definition) is 0. The Morgan fingerprint density at radius 1 is 0.360 bits per heavy atom. The summed E-state index contributed by atoms with van der Waals surface area (Å²) in [4.78, 5) is 0. The fourth-order valence-corrected chi connectivity index (χ4v) is 15.2. The first-order chi connectivity index (χ1) is 41.0. The van der Waals surface area contributed by atoms with Crippen LogP contribution >= 0.6 is 77.0 Å². The van der Waals surface area contributed by atoms with Crippen LogP contribution in [-0.2, 0) is 9.31 Å². The van der Waals surface area contributed by atoms with E-state index >= 15 is 0 Å². The Morgan fingerprint density at radius 3 is 1.10 bits per heavy atom. The zero-order chi connectivity index (χ0) is 67.5. The van der Waals surface area contributed by atoms with Gasteiger partial charge < -0.3 is 9.31 Å². The molecular formula is C65H68BBr2F13I2O2Si4. The third kappa shape index (κ3) is 22.4. The smallest absolute Gasteiger partial charge is 0.407 e. The molecule has 0 amide bonds. The van der Waals surface area contributed by atoms with Crippen molar-refractivity contribution in [2.75, 3.05) is 13.2 Å². The average Bonchev–Trinajstić information content (AvgIpc) is 1.32. The summed E-state index contributed by atoms with van der Waals surface area (Å²) >= 11 is 10.2. The molecule has 0 spiro atoms. The molecule has 1 aliphatic heterocycles. The quantitative estimate of drug-likeness (QED) is 0.0685. The topological polar surface area (TPSA) is 18.5 Å². The molecule has 0 atom stereocenters. The van der Waals surface area contributed by atoms with Gasteiger partial charge in [-0.2, -0.15) is 0 Å². The van der Waals surface area contributed by atoms with Crippen LogP contribution < -0.4 is 26.2 Å². The molecule has 8 aromatic rings. The molecule has 0 aromatic heterocycles. The van der Waals surface area contributed by atoms with E-state index in [1.54, 1.807) is 54.6 Å². The molecule has 0 unspecified atom stereocenters. The lowest BCUT2D eigenvalue weighted by Gasteiger charge is -2.33. The summed E-state index contributed by atoms with van der Waals surface area (Å²) in [6.07, 6.45) is 0. The lowest BCUT2D eigenvalue weighted by atomic mass is 9.75. The molecule has 478 valence electrons. The molecule has 0 saturated carbocycles. The summed E-state index contributed by atoms with van der Waals surface area (Å²) in [6.45, 7) is 28.5. The minimum Gasteiger partial charge on any atom is -0.407 e. The van der Waals surface area contributed by atoms with Gasteiger partial charge in [0.2, 0.25) is 0 Å². The molecule has 2 nitrogen and oxygen atoms in total. The van der Waals surface area contributed by atoms with E-state index in [2.05, 4.69) is 31.9 Å². The van der Waals surface area contributed by atoms with Gasteiger partial charge in [-0.15, -0.1) is 0 Å². The lowest BCUT2D eigenvalue weighted by molar-refractivity contribution is 0.0340. The molecule has 9 rings (SSSR count).